The van der Waals surface area contributed by atoms with E-state index in [1.165, 1.54) is 50.8 Å². The van der Waals surface area contributed by atoms with E-state index in [2.05, 4.69) is 135 Å². The Hall–Kier alpha value is -4.88. The SMILES string of the molecule is CC(C)(C)OC=O.CCCN1/C(=C/C=C2\CC/C(=C\C=C3\N(CC)c4ccc(C#N)cc4C3(C)C)C2=[N+](C)C)C(C)(C)c2cc(C#N)ccc21. The molecule has 0 spiro atoms. The molecule has 3 aliphatic rings. The minimum atomic E-state index is -0.318. The molecular weight excluding hydrogens is 619 g/mol. The Balaban J connectivity index is 0.000000727. The van der Waals surface area contributed by atoms with Gasteiger partial charge in [0.05, 0.1) is 23.3 Å². The van der Waals surface area contributed by atoms with Gasteiger partial charge in [0.25, 0.3) is 6.47 Å². The Morgan fingerprint density at radius 1 is 0.800 bits per heavy atom. The van der Waals surface area contributed by atoms with Gasteiger partial charge in [-0.25, -0.2) is 4.58 Å². The van der Waals surface area contributed by atoms with Gasteiger partial charge in [-0.3, -0.25) is 4.79 Å². The van der Waals surface area contributed by atoms with E-state index in [-0.39, 0.29) is 16.4 Å². The maximum absolute atomic E-state index is 9.60. The second-order valence-corrected chi connectivity index (χ2v) is 15.4. The van der Waals surface area contributed by atoms with Crippen LogP contribution in [0.25, 0.3) is 0 Å². The van der Waals surface area contributed by atoms with E-state index >= 15 is 0 Å². The van der Waals surface area contributed by atoms with Gasteiger partial charge < -0.3 is 14.5 Å². The first kappa shape index (κ1) is 37.9. The van der Waals surface area contributed by atoms with Crippen LogP contribution in [0.15, 0.2) is 83.2 Å². The molecule has 1 saturated carbocycles. The van der Waals surface area contributed by atoms with Crippen molar-refractivity contribution in [3.8, 4) is 12.1 Å². The van der Waals surface area contributed by atoms with Crippen molar-refractivity contribution in [3.63, 3.8) is 0 Å². The van der Waals surface area contributed by atoms with Crippen LogP contribution in [0.3, 0.4) is 0 Å². The molecule has 5 rings (SSSR count). The summed E-state index contributed by atoms with van der Waals surface area (Å²) in [6.07, 6.45) is 12.3. The third kappa shape index (κ3) is 7.48. The van der Waals surface area contributed by atoms with Crippen LogP contribution < -0.4 is 9.80 Å². The minimum Gasteiger partial charge on any atom is -0.462 e. The fraction of sp³-hybridized carbons (Fsp3) is 0.442. The van der Waals surface area contributed by atoms with Crippen molar-refractivity contribution in [2.24, 2.45) is 0 Å². The van der Waals surface area contributed by atoms with Gasteiger partial charge in [0.2, 0.25) is 5.71 Å². The van der Waals surface area contributed by atoms with Crippen LogP contribution in [0.2, 0.25) is 0 Å². The Morgan fingerprint density at radius 3 is 1.62 bits per heavy atom. The minimum absolute atomic E-state index is 0.188. The molecule has 7 heteroatoms. The van der Waals surface area contributed by atoms with E-state index in [0.29, 0.717) is 17.6 Å². The van der Waals surface area contributed by atoms with Crippen molar-refractivity contribution in [3.05, 3.63) is 105 Å². The van der Waals surface area contributed by atoms with Gasteiger partial charge in [0.1, 0.15) is 19.7 Å². The number of nitrogens with zero attached hydrogens (tertiary/aromatic N) is 5. The summed E-state index contributed by atoms with van der Waals surface area (Å²) in [5.74, 6) is 0. The lowest BCUT2D eigenvalue weighted by atomic mass is 9.83. The molecule has 0 bridgehead atoms. The predicted octanol–water partition coefficient (Wildman–Crippen LogP) is 8.84. The number of ether oxygens (including phenoxy) is 1. The summed E-state index contributed by atoms with van der Waals surface area (Å²) in [7, 11) is 4.28. The second-order valence-electron chi connectivity index (χ2n) is 15.4. The maximum atomic E-state index is 9.60. The molecule has 2 heterocycles. The van der Waals surface area contributed by atoms with Crippen molar-refractivity contribution in [2.75, 3.05) is 37.0 Å². The number of hydrogen-bond donors (Lipinski definition) is 0. The van der Waals surface area contributed by atoms with E-state index in [0.717, 1.165) is 32.4 Å². The molecule has 0 aromatic heterocycles. The first-order chi connectivity index (χ1) is 23.5. The standard InChI is InChI=1S/C38H44N5.C5H10O2/c1-9-21-43-33-18-12-27(25-40)23-31(33)38(5,6)35(43)20-16-29-14-13-28(36(29)41(7)8)15-19-34-37(3,4)30-22-26(24-39)11-17-32(30)42(34)10-2;1-5(2,3)7-4-6/h11-12,15-20,22-23H,9-10,13-14,21H2,1-8H3;4H,1-3H3/q+1;. The summed E-state index contributed by atoms with van der Waals surface area (Å²) >= 11 is 0. The zero-order valence-corrected chi connectivity index (χ0v) is 31.9. The topological polar surface area (TPSA) is 83.4 Å². The van der Waals surface area contributed by atoms with Crippen LogP contribution >= 0.6 is 0 Å². The highest BCUT2D eigenvalue weighted by molar-refractivity contribution is 6.11. The summed E-state index contributed by atoms with van der Waals surface area (Å²) in [6.45, 7) is 21.2. The molecule has 0 amide bonds. The molecule has 2 aromatic rings. The number of hydrogen-bond acceptors (Lipinski definition) is 6. The average Bonchev–Trinajstić information content (AvgIpc) is 3.63. The second kappa shape index (κ2) is 14.9. The van der Waals surface area contributed by atoms with E-state index in [1.807, 2.05) is 32.9 Å². The third-order valence-corrected chi connectivity index (χ3v) is 9.81. The Bertz CT molecular complexity index is 1880. The van der Waals surface area contributed by atoms with Gasteiger partial charge in [-0.15, -0.1) is 0 Å². The Morgan fingerprint density at radius 2 is 1.26 bits per heavy atom. The quantitative estimate of drug-likeness (QED) is 0.225. The molecule has 2 aliphatic heterocycles. The lowest BCUT2D eigenvalue weighted by molar-refractivity contribution is -0.463. The molecule has 7 nitrogen and oxygen atoms in total. The van der Waals surface area contributed by atoms with Gasteiger partial charge in [0, 0.05) is 57.8 Å². The summed E-state index contributed by atoms with van der Waals surface area (Å²) in [4.78, 5) is 14.4. The Kier molecular flexibility index (Phi) is 11.3. The van der Waals surface area contributed by atoms with Crippen LogP contribution in [-0.2, 0) is 20.4 Å². The summed E-state index contributed by atoms with van der Waals surface area (Å²) < 4.78 is 6.80. The smallest absolute Gasteiger partial charge is 0.293 e. The zero-order chi connectivity index (χ0) is 37.0. The van der Waals surface area contributed by atoms with E-state index < -0.39 is 0 Å². The molecule has 0 saturated heterocycles. The highest BCUT2D eigenvalue weighted by Crippen LogP contribution is 2.49. The monoisotopic (exact) mass is 672 g/mol. The zero-order valence-electron chi connectivity index (χ0n) is 31.9. The van der Waals surface area contributed by atoms with Gasteiger partial charge in [-0.2, -0.15) is 10.5 Å². The molecule has 2 aromatic carbocycles. The first-order valence-corrected chi connectivity index (χ1v) is 17.7. The average molecular weight is 673 g/mol. The lowest BCUT2D eigenvalue weighted by Crippen LogP contribution is -2.26. The summed E-state index contributed by atoms with van der Waals surface area (Å²) in [5.41, 5.74) is 12.1. The van der Waals surface area contributed by atoms with Crippen LogP contribution in [0, 0.1) is 22.7 Å². The number of fused-ring (bicyclic) bond motifs is 2. The first-order valence-electron chi connectivity index (χ1n) is 17.7. The maximum Gasteiger partial charge on any atom is 0.293 e. The number of allylic oxidation sites excluding steroid dienone is 8. The molecule has 50 heavy (non-hydrogen) atoms. The number of carbonyl (C=O) groups is 1. The summed E-state index contributed by atoms with van der Waals surface area (Å²) in [5, 5.41) is 19.1. The number of likely N-dealkylation sites (N-methyl/N-ethyl adjacent to an activating group) is 1. The number of carbonyl (C=O) groups excluding carboxylic acids is 1. The molecule has 1 fully saturated rings. The van der Waals surface area contributed by atoms with Crippen molar-refractivity contribution in [2.45, 2.75) is 98.0 Å². The lowest BCUT2D eigenvalue weighted by Gasteiger charge is -2.26. The van der Waals surface area contributed by atoms with Gasteiger partial charge >= 0.3 is 0 Å². The molecule has 0 unspecified atom stereocenters. The van der Waals surface area contributed by atoms with E-state index in [1.54, 1.807) is 0 Å². The van der Waals surface area contributed by atoms with Crippen LogP contribution in [0.5, 0.6) is 0 Å². The highest BCUT2D eigenvalue weighted by atomic mass is 16.5. The molecule has 0 atom stereocenters. The van der Waals surface area contributed by atoms with Crippen molar-refractivity contribution >= 4 is 23.6 Å². The molecule has 0 N–H and O–H groups in total. The molecular formula is C43H54N5O2+. The van der Waals surface area contributed by atoms with Crippen molar-refractivity contribution < 1.29 is 14.1 Å². The summed E-state index contributed by atoms with van der Waals surface area (Å²) in [6, 6.07) is 16.8. The number of nitriles is 2. The van der Waals surface area contributed by atoms with Crippen molar-refractivity contribution in [1.82, 2.24) is 0 Å². The normalized spacial score (nSPS) is 20.4. The Labute approximate surface area is 300 Å². The highest BCUT2D eigenvalue weighted by Gasteiger charge is 2.41. The van der Waals surface area contributed by atoms with Crippen LogP contribution in [0.1, 0.15) is 104 Å². The van der Waals surface area contributed by atoms with Crippen LogP contribution in [-0.4, -0.2) is 49.5 Å². The number of rotatable bonds is 6. The molecule has 1 aliphatic carbocycles. The fourth-order valence-corrected chi connectivity index (χ4v) is 7.41. The van der Waals surface area contributed by atoms with E-state index in [9.17, 15) is 15.3 Å². The fourth-order valence-electron chi connectivity index (χ4n) is 7.41. The predicted molar refractivity (Wildman–Crippen MR) is 205 cm³/mol. The van der Waals surface area contributed by atoms with Crippen molar-refractivity contribution in [1.29, 1.82) is 10.5 Å². The third-order valence-electron chi connectivity index (χ3n) is 9.81. The van der Waals surface area contributed by atoms with Gasteiger partial charge in [-0.1, -0.05) is 46.8 Å². The largest absolute Gasteiger partial charge is 0.462 e. The van der Waals surface area contributed by atoms with Gasteiger partial charge in [-0.05, 0) is 107 Å². The van der Waals surface area contributed by atoms with E-state index in [4.69, 9.17) is 0 Å². The number of benzene rings is 2. The van der Waals surface area contributed by atoms with Crippen LogP contribution in [0.4, 0.5) is 11.4 Å². The molecule has 262 valence electrons. The number of anilines is 2. The van der Waals surface area contributed by atoms with Gasteiger partial charge in [0.15, 0.2) is 0 Å². The molecule has 0 radical (unpaired) electrons.